The standard InChI is InChI=1S/C23H32N4O4/c1-5-6-7-8-9-10-13-31-22(28)20-16(2)26-23-24-15-25-27(23)21(20)17-11-12-18(29-3)19(14-17)30-4/h11-12,14-15,21H,5-10,13H2,1-4H3,(H,24,25,26)/t21-/m0/s1. The van der Waals surface area contributed by atoms with Gasteiger partial charge in [-0.2, -0.15) is 10.1 Å². The third-order valence-corrected chi connectivity index (χ3v) is 5.47. The van der Waals surface area contributed by atoms with Gasteiger partial charge >= 0.3 is 5.97 Å². The lowest BCUT2D eigenvalue weighted by atomic mass is 9.95. The van der Waals surface area contributed by atoms with Crippen LogP contribution in [0.1, 0.15) is 64.0 Å². The molecule has 0 fully saturated rings. The Morgan fingerprint density at radius 2 is 1.84 bits per heavy atom. The zero-order valence-corrected chi connectivity index (χ0v) is 18.8. The molecule has 0 saturated carbocycles. The Balaban J connectivity index is 1.80. The Labute approximate surface area is 183 Å². The van der Waals surface area contributed by atoms with E-state index in [1.807, 2.05) is 25.1 Å². The molecule has 0 radical (unpaired) electrons. The van der Waals surface area contributed by atoms with E-state index in [-0.39, 0.29) is 5.97 Å². The molecule has 1 atom stereocenters. The lowest BCUT2D eigenvalue weighted by Gasteiger charge is -2.28. The maximum absolute atomic E-state index is 13.1. The number of ether oxygens (including phenoxy) is 3. The minimum absolute atomic E-state index is 0.348. The summed E-state index contributed by atoms with van der Waals surface area (Å²) in [5.41, 5.74) is 2.04. The summed E-state index contributed by atoms with van der Waals surface area (Å²) in [7, 11) is 3.18. The molecule has 8 nitrogen and oxygen atoms in total. The van der Waals surface area contributed by atoms with E-state index >= 15 is 0 Å². The summed E-state index contributed by atoms with van der Waals surface area (Å²) in [6.45, 7) is 4.46. The number of benzene rings is 1. The molecule has 1 N–H and O–H groups in total. The van der Waals surface area contributed by atoms with Crippen LogP contribution in [0, 0.1) is 0 Å². The van der Waals surface area contributed by atoms with E-state index in [0.717, 1.165) is 18.4 Å². The van der Waals surface area contributed by atoms with Gasteiger partial charge in [-0.1, -0.05) is 45.1 Å². The molecule has 168 valence electrons. The van der Waals surface area contributed by atoms with Crippen molar-refractivity contribution in [3.05, 3.63) is 41.4 Å². The second-order valence-corrected chi connectivity index (χ2v) is 7.61. The van der Waals surface area contributed by atoms with E-state index < -0.39 is 6.04 Å². The van der Waals surface area contributed by atoms with Crippen molar-refractivity contribution in [1.82, 2.24) is 14.8 Å². The number of carbonyl (C=O) groups is 1. The Hall–Kier alpha value is -3.03. The van der Waals surface area contributed by atoms with Crippen molar-refractivity contribution in [3.8, 4) is 11.5 Å². The fourth-order valence-electron chi connectivity index (χ4n) is 3.81. The molecule has 3 rings (SSSR count). The minimum Gasteiger partial charge on any atom is -0.493 e. The second kappa shape index (κ2) is 10.8. The number of rotatable bonds is 11. The zero-order chi connectivity index (χ0) is 22.2. The predicted molar refractivity (Wildman–Crippen MR) is 118 cm³/mol. The Morgan fingerprint density at radius 3 is 2.58 bits per heavy atom. The monoisotopic (exact) mass is 428 g/mol. The number of nitrogens with zero attached hydrogens (tertiary/aromatic N) is 3. The molecular formula is C23H32N4O4. The largest absolute Gasteiger partial charge is 0.493 e. The van der Waals surface area contributed by atoms with Crippen LogP contribution in [0.5, 0.6) is 11.5 Å². The highest BCUT2D eigenvalue weighted by Crippen LogP contribution is 2.38. The Morgan fingerprint density at radius 1 is 1.10 bits per heavy atom. The van der Waals surface area contributed by atoms with Crippen molar-refractivity contribution in [1.29, 1.82) is 0 Å². The molecule has 1 aromatic heterocycles. The molecule has 1 aliphatic heterocycles. The van der Waals surface area contributed by atoms with Crippen molar-refractivity contribution in [2.45, 2.75) is 58.4 Å². The maximum atomic E-state index is 13.1. The van der Waals surface area contributed by atoms with Crippen molar-refractivity contribution in [2.24, 2.45) is 0 Å². The van der Waals surface area contributed by atoms with Gasteiger partial charge in [-0.15, -0.1) is 0 Å². The van der Waals surface area contributed by atoms with Crippen LogP contribution >= 0.6 is 0 Å². The van der Waals surface area contributed by atoms with Crippen LogP contribution < -0.4 is 14.8 Å². The minimum atomic E-state index is -0.476. The van der Waals surface area contributed by atoms with Crippen LogP contribution in [0.25, 0.3) is 0 Å². The van der Waals surface area contributed by atoms with Gasteiger partial charge in [-0.25, -0.2) is 9.48 Å². The molecule has 8 heteroatoms. The normalized spacial score (nSPS) is 15.3. The molecule has 2 aromatic rings. The molecule has 0 spiro atoms. The molecule has 0 saturated heterocycles. The summed E-state index contributed by atoms with van der Waals surface area (Å²) in [4.78, 5) is 17.4. The topological polar surface area (TPSA) is 87.5 Å². The number of methoxy groups -OCH3 is 2. The second-order valence-electron chi connectivity index (χ2n) is 7.61. The third-order valence-electron chi connectivity index (χ3n) is 5.47. The summed E-state index contributed by atoms with van der Waals surface area (Å²) in [6.07, 6.45) is 8.27. The first-order chi connectivity index (χ1) is 15.1. The van der Waals surface area contributed by atoms with Gasteiger partial charge < -0.3 is 19.5 Å². The molecular weight excluding hydrogens is 396 g/mol. The molecule has 1 aliphatic rings. The smallest absolute Gasteiger partial charge is 0.338 e. The fourth-order valence-corrected chi connectivity index (χ4v) is 3.81. The number of allylic oxidation sites excluding steroid dienone is 1. The van der Waals surface area contributed by atoms with Crippen LogP contribution in [0.4, 0.5) is 5.95 Å². The molecule has 2 heterocycles. The van der Waals surface area contributed by atoms with E-state index in [4.69, 9.17) is 14.2 Å². The molecule has 1 aromatic carbocycles. The number of unbranched alkanes of at least 4 members (excludes halogenated alkanes) is 5. The average molecular weight is 429 g/mol. The van der Waals surface area contributed by atoms with E-state index in [0.29, 0.717) is 35.3 Å². The average Bonchev–Trinajstić information content (AvgIpc) is 3.24. The number of esters is 1. The number of anilines is 1. The van der Waals surface area contributed by atoms with Crippen molar-refractivity contribution in [2.75, 3.05) is 26.1 Å². The number of hydrogen-bond acceptors (Lipinski definition) is 7. The van der Waals surface area contributed by atoms with Gasteiger partial charge in [0.05, 0.1) is 26.4 Å². The van der Waals surface area contributed by atoms with Crippen LogP contribution in [-0.2, 0) is 9.53 Å². The van der Waals surface area contributed by atoms with Crippen molar-refractivity contribution < 1.29 is 19.0 Å². The number of carbonyl (C=O) groups excluding carboxylic acids is 1. The van der Waals surface area contributed by atoms with Gasteiger partial charge in [0.2, 0.25) is 5.95 Å². The highest BCUT2D eigenvalue weighted by atomic mass is 16.5. The summed E-state index contributed by atoms with van der Waals surface area (Å²) in [5, 5.41) is 7.51. The van der Waals surface area contributed by atoms with Crippen LogP contribution in [-0.4, -0.2) is 41.6 Å². The fraction of sp³-hybridized carbons (Fsp3) is 0.522. The molecule has 0 unspecified atom stereocenters. The first-order valence-corrected chi connectivity index (χ1v) is 10.9. The highest BCUT2D eigenvalue weighted by Gasteiger charge is 2.34. The summed E-state index contributed by atoms with van der Waals surface area (Å²) in [6, 6.07) is 5.10. The molecule has 0 aliphatic carbocycles. The van der Waals surface area contributed by atoms with Gasteiger partial charge in [-0.3, -0.25) is 0 Å². The first kappa shape index (κ1) is 22.7. The maximum Gasteiger partial charge on any atom is 0.338 e. The lowest BCUT2D eigenvalue weighted by molar-refractivity contribution is -0.139. The van der Waals surface area contributed by atoms with Crippen molar-refractivity contribution in [3.63, 3.8) is 0 Å². The van der Waals surface area contributed by atoms with E-state index in [2.05, 4.69) is 22.3 Å². The van der Waals surface area contributed by atoms with Crippen LogP contribution in [0.15, 0.2) is 35.8 Å². The van der Waals surface area contributed by atoms with E-state index in [1.165, 1.54) is 32.0 Å². The zero-order valence-electron chi connectivity index (χ0n) is 18.8. The Kier molecular flexibility index (Phi) is 7.92. The van der Waals surface area contributed by atoms with E-state index in [1.54, 1.807) is 18.9 Å². The molecule has 31 heavy (non-hydrogen) atoms. The van der Waals surface area contributed by atoms with Gasteiger partial charge in [-0.05, 0) is 31.0 Å². The molecule has 0 amide bonds. The number of nitrogens with one attached hydrogen (secondary N) is 1. The lowest BCUT2D eigenvalue weighted by Crippen LogP contribution is -2.29. The Bertz CT molecular complexity index is 922. The van der Waals surface area contributed by atoms with Gasteiger partial charge in [0.1, 0.15) is 12.4 Å². The predicted octanol–water partition coefficient (Wildman–Crippen LogP) is 4.49. The first-order valence-electron chi connectivity index (χ1n) is 10.9. The quantitative estimate of drug-likeness (QED) is 0.417. The SMILES string of the molecule is CCCCCCCCOC(=O)C1=C(C)Nc2ncnn2[C@H]1c1ccc(OC)c(OC)c1. The van der Waals surface area contributed by atoms with E-state index in [9.17, 15) is 4.79 Å². The molecule has 0 bridgehead atoms. The summed E-state index contributed by atoms with van der Waals surface area (Å²) >= 11 is 0. The van der Waals surface area contributed by atoms with Gasteiger partial charge in [0.25, 0.3) is 0 Å². The van der Waals surface area contributed by atoms with Gasteiger partial charge in [0.15, 0.2) is 11.5 Å². The third kappa shape index (κ3) is 5.18. The number of hydrogen-bond donors (Lipinski definition) is 1. The van der Waals surface area contributed by atoms with Crippen molar-refractivity contribution >= 4 is 11.9 Å². The van der Waals surface area contributed by atoms with Crippen LogP contribution in [0.3, 0.4) is 0 Å². The van der Waals surface area contributed by atoms with Crippen LogP contribution in [0.2, 0.25) is 0 Å². The summed E-state index contributed by atoms with van der Waals surface area (Å²) < 4.78 is 18.2. The number of aromatic nitrogens is 3. The highest BCUT2D eigenvalue weighted by molar-refractivity contribution is 5.92. The van der Waals surface area contributed by atoms with Gasteiger partial charge in [0, 0.05) is 5.70 Å². The summed E-state index contributed by atoms with van der Waals surface area (Å²) in [5.74, 6) is 1.42. The number of fused-ring (bicyclic) bond motifs is 1.